The first-order chi connectivity index (χ1) is 11.4. The van der Waals surface area contributed by atoms with Crippen LogP contribution in [0.5, 0.6) is 0 Å². The number of rotatable bonds is 5. The number of nitrogens with zero attached hydrogens (tertiary/aromatic N) is 3. The van der Waals surface area contributed by atoms with Gasteiger partial charge < -0.3 is 5.32 Å². The van der Waals surface area contributed by atoms with Crippen molar-refractivity contribution in [3.05, 3.63) is 17.5 Å². The molecule has 0 bridgehead atoms. The van der Waals surface area contributed by atoms with Crippen LogP contribution >= 0.6 is 0 Å². The van der Waals surface area contributed by atoms with Gasteiger partial charge in [-0.25, -0.2) is 0 Å². The Hall–Kier alpha value is -1.36. The predicted octanol–water partition coefficient (Wildman–Crippen LogP) is 3.12. The molecule has 1 saturated heterocycles. The summed E-state index contributed by atoms with van der Waals surface area (Å²) in [6.45, 7) is 11.5. The summed E-state index contributed by atoms with van der Waals surface area (Å²) in [5, 5.41) is 7.68. The Morgan fingerprint density at radius 1 is 1.29 bits per heavy atom. The van der Waals surface area contributed by atoms with Crippen molar-refractivity contribution >= 4 is 5.91 Å². The maximum atomic E-state index is 12.5. The molecular formula is C19H32N4O. The zero-order valence-electron chi connectivity index (χ0n) is 15.6. The minimum atomic E-state index is -0.0836. The molecule has 1 amide bonds. The Morgan fingerprint density at radius 3 is 2.67 bits per heavy atom. The highest BCUT2D eigenvalue weighted by Crippen LogP contribution is 2.41. The Balaban J connectivity index is 1.59. The van der Waals surface area contributed by atoms with E-state index in [0.29, 0.717) is 24.2 Å². The van der Waals surface area contributed by atoms with Crippen LogP contribution in [0.3, 0.4) is 0 Å². The highest BCUT2D eigenvalue weighted by Gasteiger charge is 2.32. The van der Waals surface area contributed by atoms with Gasteiger partial charge in [-0.1, -0.05) is 6.42 Å². The van der Waals surface area contributed by atoms with Crippen LogP contribution in [0.25, 0.3) is 0 Å². The van der Waals surface area contributed by atoms with Gasteiger partial charge in [0, 0.05) is 30.7 Å². The lowest BCUT2D eigenvalue weighted by Crippen LogP contribution is -2.42. The van der Waals surface area contributed by atoms with Crippen LogP contribution in [0.1, 0.15) is 81.9 Å². The second-order valence-electron chi connectivity index (χ2n) is 8.45. The summed E-state index contributed by atoms with van der Waals surface area (Å²) in [7, 11) is 0. The molecular weight excluding hydrogens is 300 g/mol. The lowest BCUT2D eigenvalue weighted by molar-refractivity contribution is 0.0932. The van der Waals surface area contributed by atoms with E-state index in [4.69, 9.17) is 0 Å². The first-order valence-electron chi connectivity index (χ1n) is 9.49. The maximum absolute atomic E-state index is 12.5. The predicted molar refractivity (Wildman–Crippen MR) is 96.4 cm³/mol. The Labute approximate surface area is 145 Å². The molecule has 0 spiro atoms. The van der Waals surface area contributed by atoms with E-state index in [1.807, 2.05) is 10.7 Å². The molecule has 5 nitrogen and oxygen atoms in total. The van der Waals surface area contributed by atoms with Crippen LogP contribution in [0.2, 0.25) is 0 Å². The van der Waals surface area contributed by atoms with Crippen molar-refractivity contribution in [3.8, 4) is 0 Å². The molecule has 1 aliphatic heterocycles. The van der Waals surface area contributed by atoms with Gasteiger partial charge in [0.05, 0.1) is 5.54 Å². The van der Waals surface area contributed by atoms with Gasteiger partial charge in [-0.2, -0.15) is 5.10 Å². The van der Waals surface area contributed by atoms with Crippen molar-refractivity contribution in [2.45, 2.75) is 77.3 Å². The summed E-state index contributed by atoms with van der Waals surface area (Å²) in [5.41, 5.74) is 1.70. The van der Waals surface area contributed by atoms with Gasteiger partial charge in [-0.3, -0.25) is 14.4 Å². The summed E-state index contributed by atoms with van der Waals surface area (Å²) < 4.78 is 2.05. The monoisotopic (exact) mass is 332 g/mol. The second kappa shape index (κ2) is 6.87. The molecule has 24 heavy (non-hydrogen) atoms. The van der Waals surface area contributed by atoms with E-state index in [1.165, 1.54) is 37.8 Å². The van der Waals surface area contributed by atoms with E-state index in [2.05, 4.69) is 43.0 Å². The number of carbonyl (C=O) groups excluding carboxylic acids is 1. The molecule has 3 rings (SSSR count). The number of nitrogens with one attached hydrogen (secondary N) is 1. The van der Waals surface area contributed by atoms with Crippen LogP contribution < -0.4 is 5.32 Å². The smallest absolute Gasteiger partial charge is 0.271 e. The molecule has 0 unspecified atom stereocenters. The van der Waals surface area contributed by atoms with Crippen molar-refractivity contribution in [2.24, 2.45) is 0 Å². The first-order valence-corrected chi connectivity index (χ1v) is 9.49. The molecule has 5 heteroatoms. The molecule has 2 fully saturated rings. The Morgan fingerprint density at radius 2 is 2.04 bits per heavy atom. The molecule has 1 aromatic rings. The number of likely N-dealkylation sites (tertiary alicyclic amines) is 1. The van der Waals surface area contributed by atoms with Gasteiger partial charge in [-0.15, -0.1) is 0 Å². The van der Waals surface area contributed by atoms with E-state index in [0.717, 1.165) is 13.1 Å². The van der Waals surface area contributed by atoms with Crippen LogP contribution in [0.4, 0.5) is 0 Å². The quantitative estimate of drug-likeness (QED) is 0.901. The van der Waals surface area contributed by atoms with E-state index in [9.17, 15) is 4.79 Å². The maximum Gasteiger partial charge on any atom is 0.271 e. The molecule has 2 heterocycles. The third-order valence-electron chi connectivity index (χ3n) is 5.23. The molecule has 1 aromatic heterocycles. The summed E-state index contributed by atoms with van der Waals surface area (Å²) >= 11 is 0. The number of carbonyl (C=O) groups is 1. The second-order valence-corrected chi connectivity index (χ2v) is 8.45. The van der Waals surface area contributed by atoms with Crippen molar-refractivity contribution in [1.82, 2.24) is 20.0 Å². The van der Waals surface area contributed by atoms with E-state index in [1.54, 1.807) is 0 Å². The highest BCUT2D eigenvalue weighted by molar-refractivity contribution is 5.92. The van der Waals surface area contributed by atoms with Crippen LogP contribution in [0, 0.1) is 0 Å². The average Bonchev–Trinajstić information content (AvgIpc) is 3.26. The molecule has 1 N–H and O–H groups in total. The molecule has 134 valence electrons. The fourth-order valence-corrected chi connectivity index (χ4v) is 3.61. The largest absolute Gasteiger partial charge is 0.349 e. The fraction of sp³-hybridized carbons (Fsp3) is 0.789. The Bertz CT molecular complexity index is 583. The number of hydrogen-bond acceptors (Lipinski definition) is 3. The highest BCUT2D eigenvalue weighted by atomic mass is 16.1. The number of piperidine rings is 1. The summed E-state index contributed by atoms with van der Waals surface area (Å²) in [6.07, 6.45) is 6.32. The van der Waals surface area contributed by atoms with Crippen LogP contribution in [0.15, 0.2) is 6.07 Å². The third-order valence-corrected chi connectivity index (χ3v) is 5.23. The van der Waals surface area contributed by atoms with Crippen molar-refractivity contribution in [1.29, 1.82) is 0 Å². The average molecular weight is 332 g/mol. The number of hydrogen-bond donors (Lipinski definition) is 1. The SMILES string of the molecule is C[C@H]1CCCCN1CCNC(=O)c1cc(C2CC2)n(C(C)(C)C)n1. The first kappa shape index (κ1) is 17.5. The minimum Gasteiger partial charge on any atom is -0.349 e. The molecule has 1 aliphatic carbocycles. The van der Waals surface area contributed by atoms with Gasteiger partial charge in [0.15, 0.2) is 0 Å². The van der Waals surface area contributed by atoms with Gasteiger partial charge in [0.25, 0.3) is 5.91 Å². The number of amides is 1. The molecule has 0 aromatic carbocycles. The standard InChI is InChI=1S/C19H32N4O/c1-14-7-5-6-11-22(14)12-10-20-18(24)16-13-17(15-8-9-15)23(21-16)19(2,3)4/h13-15H,5-12H2,1-4H3,(H,20,24)/t14-/m0/s1. The van der Waals surface area contributed by atoms with Crippen molar-refractivity contribution in [2.75, 3.05) is 19.6 Å². The molecule has 0 radical (unpaired) electrons. The summed E-state index contributed by atoms with van der Waals surface area (Å²) in [6, 6.07) is 2.64. The van der Waals surface area contributed by atoms with Gasteiger partial charge in [0.2, 0.25) is 0 Å². The van der Waals surface area contributed by atoms with Crippen molar-refractivity contribution < 1.29 is 4.79 Å². The van der Waals surface area contributed by atoms with E-state index in [-0.39, 0.29) is 11.4 Å². The van der Waals surface area contributed by atoms with Gasteiger partial charge >= 0.3 is 0 Å². The molecule has 1 atom stereocenters. The molecule has 1 saturated carbocycles. The molecule has 2 aliphatic rings. The van der Waals surface area contributed by atoms with Crippen LogP contribution in [-0.2, 0) is 5.54 Å². The fourth-order valence-electron chi connectivity index (χ4n) is 3.61. The minimum absolute atomic E-state index is 0.0374. The van der Waals surface area contributed by atoms with Crippen molar-refractivity contribution in [3.63, 3.8) is 0 Å². The number of aromatic nitrogens is 2. The Kier molecular flexibility index (Phi) is 5.00. The lowest BCUT2D eigenvalue weighted by atomic mass is 10.0. The normalized spacial score (nSPS) is 22.6. The van der Waals surface area contributed by atoms with E-state index < -0.39 is 0 Å². The zero-order valence-corrected chi connectivity index (χ0v) is 15.6. The zero-order chi connectivity index (χ0) is 17.3. The van der Waals surface area contributed by atoms with Crippen LogP contribution in [-0.4, -0.2) is 46.3 Å². The van der Waals surface area contributed by atoms with E-state index >= 15 is 0 Å². The topological polar surface area (TPSA) is 50.2 Å². The summed E-state index contributed by atoms with van der Waals surface area (Å²) in [5.74, 6) is 0.553. The lowest BCUT2D eigenvalue weighted by Gasteiger charge is -2.33. The third kappa shape index (κ3) is 4.00. The summed E-state index contributed by atoms with van der Waals surface area (Å²) in [4.78, 5) is 15.0. The van der Waals surface area contributed by atoms with Gasteiger partial charge in [0.1, 0.15) is 5.69 Å². The van der Waals surface area contributed by atoms with Gasteiger partial charge in [-0.05, 0) is 66.0 Å².